The van der Waals surface area contributed by atoms with Gasteiger partial charge in [0.15, 0.2) is 0 Å². The number of amides is 2. The number of nitrogens with one attached hydrogen (secondary N) is 2. The number of hydrogen-bond acceptors (Lipinski definition) is 7. The van der Waals surface area contributed by atoms with Gasteiger partial charge in [-0.3, -0.25) is 9.59 Å². The first kappa shape index (κ1) is 34.3. The number of sulfonamides is 1. The van der Waals surface area contributed by atoms with E-state index in [2.05, 4.69) is 54.6 Å². The van der Waals surface area contributed by atoms with Gasteiger partial charge in [-0.15, -0.1) is 0 Å². The maximum absolute atomic E-state index is 14.3. The Kier molecular flexibility index (Phi) is 9.69. The summed E-state index contributed by atoms with van der Waals surface area (Å²) in [7, 11) is -4.19. The highest BCUT2D eigenvalue weighted by Gasteiger charge is 2.34. The lowest BCUT2D eigenvalue weighted by Crippen LogP contribution is -2.51. The summed E-state index contributed by atoms with van der Waals surface area (Å²) >= 11 is 0. The summed E-state index contributed by atoms with van der Waals surface area (Å²) in [5.41, 5.74) is 3.44. The van der Waals surface area contributed by atoms with Gasteiger partial charge < -0.3 is 15.0 Å². The van der Waals surface area contributed by atoms with E-state index in [9.17, 15) is 18.0 Å². The second kappa shape index (κ2) is 13.3. The van der Waals surface area contributed by atoms with Gasteiger partial charge in [-0.25, -0.2) is 18.1 Å². The average Bonchev–Trinajstić information content (AvgIpc) is 2.98. The fourth-order valence-corrected chi connectivity index (χ4v) is 7.51. The third-order valence-corrected chi connectivity index (χ3v) is 10.4. The zero-order chi connectivity index (χ0) is 34.1. The van der Waals surface area contributed by atoms with Crippen LogP contribution >= 0.6 is 0 Å². The molecule has 4 bridgehead atoms. The van der Waals surface area contributed by atoms with Crippen LogP contribution in [0.25, 0.3) is 11.3 Å². The molecule has 1 aromatic heterocycles. The van der Waals surface area contributed by atoms with Crippen molar-refractivity contribution in [2.24, 2.45) is 10.8 Å². The summed E-state index contributed by atoms with van der Waals surface area (Å²) in [4.78, 5) is 38.3. The highest BCUT2D eigenvalue weighted by atomic mass is 32.2. The number of hydrogen-bond donors (Lipinski definition) is 2. The van der Waals surface area contributed by atoms with Crippen LogP contribution in [0, 0.1) is 24.7 Å². The highest BCUT2D eigenvalue weighted by molar-refractivity contribution is 7.92. The topological polar surface area (TPSA) is 131 Å². The molecule has 5 rings (SSSR count). The predicted octanol–water partition coefficient (Wildman–Crippen LogP) is 6.29. The molecule has 1 saturated carbocycles. The van der Waals surface area contributed by atoms with Crippen LogP contribution in [-0.2, 0) is 14.8 Å². The Morgan fingerprint density at radius 1 is 1.04 bits per heavy atom. The molecule has 2 aliphatic rings. The molecule has 0 saturated heterocycles. The van der Waals surface area contributed by atoms with Crippen LogP contribution in [0.2, 0.25) is 0 Å². The van der Waals surface area contributed by atoms with Gasteiger partial charge in [-0.05, 0) is 86.1 Å². The number of carbonyl (C=O) groups is 2. The quantitative estimate of drug-likeness (QED) is 0.329. The van der Waals surface area contributed by atoms with E-state index in [0.29, 0.717) is 12.1 Å². The van der Waals surface area contributed by atoms with Crippen LogP contribution in [0.5, 0.6) is 5.88 Å². The number of carbonyl (C=O) groups excluding carboxylic acids is 2. The number of benzene rings is 2. The molecule has 3 aromatic rings. The van der Waals surface area contributed by atoms with E-state index >= 15 is 0 Å². The van der Waals surface area contributed by atoms with E-state index in [0.717, 1.165) is 42.4 Å². The van der Waals surface area contributed by atoms with Crippen molar-refractivity contribution in [1.82, 2.24) is 20.2 Å². The zero-order valence-electron chi connectivity index (χ0n) is 28.5. The number of fused-ring (bicyclic) bond motifs is 4. The van der Waals surface area contributed by atoms with Gasteiger partial charge in [0.1, 0.15) is 13.2 Å². The second-order valence-electron chi connectivity index (χ2n) is 15.0. The number of nitrogens with zero attached hydrogens (tertiary/aromatic N) is 3. The van der Waals surface area contributed by atoms with Crippen molar-refractivity contribution >= 4 is 27.8 Å². The van der Waals surface area contributed by atoms with Gasteiger partial charge in [0.05, 0.1) is 16.6 Å². The molecule has 1 aliphatic carbocycles. The summed E-state index contributed by atoms with van der Waals surface area (Å²) in [6.45, 7) is 14.5. The molecule has 1 atom stereocenters. The van der Waals surface area contributed by atoms with E-state index in [1.54, 1.807) is 12.1 Å². The van der Waals surface area contributed by atoms with Gasteiger partial charge in [-0.2, -0.15) is 4.98 Å². The molecule has 0 spiro atoms. The molecule has 0 unspecified atom stereocenters. The van der Waals surface area contributed by atoms with Crippen LogP contribution in [0.4, 0.5) is 5.95 Å². The molecule has 1 aliphatic heterocycles. The van der Waals surface area contributed by atoms with Crippen LogP contribution in [0.1, 0.15) is 88.2 Å². The second-order valence-corrected chi connectivity index (χ2v) is 16.7. The SMILES string of the molecule is Cc1cccc(C)c1-c1cc2nc(n1)NS(=O)(=O)c1cccc(c1)C(=O)N(CC(=O)NC1CCC(C)(C)CC1)[C@H](CC(C)(C)C)CO2. The number of anilines is 1. The van der Waals surface area contributed by atoms with Crippen molar-refractivity contribution < 1.29 is 22.7 Å². The largest absolute Gasteiger partial charge is 0.475 e. The normalized spacial score (nSPS) is 19.8. The number of aromatic nitrogens is 2. The third kappa shape index (κ3) is 8.49. The minimum Gasteiger partial charge on any atom is -0.475 e. The Morgan fingerprint density at radius 2 is 1.70 bits per heavy atom. The number of rotatable bonds is 5. The van der Waals surface area contributed by atoms with Crippen LogP contribution in [0.3, 0.4) is 0 Å². The molecule has 10 nitrogen and oxygen atoms in total. The molecule has 0 radical (unpaired) electrons. The lowest BCUT2D eigenvalue weighted by molar-refractivity contribution is -0.123. The molecule has 1 fully saturated rings. The Bertz CT molecular complexity index is 1740. The molecule has 2 heterocycles. The lowest BCUT2D eigenvalue weighted by atomic mass is 9.75. The Morgan fingerprint density at radius 3 is 2.36 bits per heavy atom. The minimum atomic E-state index is -4.19. The molecule has 252 valence electrons. The van der Waals surface area contributed by atoms with E-state index in [1.165, 1.54) is 23.1 Å². The van der Waals surface area contributed by atoms with Crippen LogP contribution in [-0.4, -0.2) is 60.3 Å². The average molecular weight is 662 g/mol. The Balaban J connectivity index is 1.57. The number of aryl methyl sites for hydroxylation is 2. The van der Waals surface area contributed by atoms with Gasteiger partial charge in [0.25, 0.3) is 15.9 Å². The van der Waals surface area contributed by atoms with Gasteiger partial charge in [0.2, 0.25) is 17.7 Å². The highest BCUT2D eigenvalue weighted by Crippen LogP contribution is 2.35. The van der Waals surface area contributed by atoms with E-state index in [-0.39, 0.29) is 58.2 Å². The molecule has 2 aromatic carbocycles. The first-order chi connectivity index (χ1) is 22.0. The van der Waals surface area contributed by atoms with Crippen molar-refractivity contribution in [3.05, 3.63) is 65.2 Å². The fraction of sp³-hybridized carbons (Fsp3) is 0.500. The van der Waals surface area contributed by atoms with E-state index in [1.807, 2.05) is 32.0 Å². The molecular formula is C36H47N5O5S. The minimum absolute atomic E-state index is 0.0308. The van der Waals surface area contributed by atoms with Crippen molar-refractivity contribution in [2.75, 3.05) is 17.9 Å². The predicted molar refractivity (Wildman–Crippen MR) is 183 cm³/mol. The summed E-state index contributed by atoms with van der Waals surface area (Å²) in [6, 6.07) is 12.9. The van der Waals surface area contributed by atoms with Gasteiger partial charge >= 0.3 is 0 Å². The van der Waals surface area contributed by atoms with Crippen LogP contribution in [0.15, 0.2) is 53.4 Å². The zero-order valence-corrected chi connectivity index (χ0v) is 29.3. The maximum atomic E-state index is 14.3. The lowest BCUT2D eigenvalue weighted by Gasteiger charge is -2.37. The standard InChI is InChI=1S/C36H47N5O5S/c1-23-10-8-11-24(2)32(23)29-19-31-39-34(38-29)40-47(44,45)28-13-9-12-25(18-28)33(43)41(27(22-46-31)20-35(3,4)5)21-30(42)37-26-14-16-36(6,7)17-15-26/h8-13,18-19,26-27H,14-17,20-22H2,1-7H3,(H,37,42)(H,38,39,40)/t27-/m1/s1. The van der Waals surface area contributed by atoms with Crippen molar-refractivity contribution in [1.29, 1.82) is 0 Å². The van der Waals surface area contributed by atoms with Crippen LogP contribution < -0.4 is 14.8 Å². The summed E-state index contributed by atoms with van der Waals surface area (Å²) in [5, 5.41) is 3.16. The molecule has 11 heteroatoms. The van der Waals surface area contributed by atoms with Crippen molar-refractivity contribution in [3.63, 3.8) is 0 Å². The smallest absolute Gasteiger partial charge is 0.264 e. The van der Waals surface area contributed by atoms with Gasteiger partial charge in [-0.1, -0.05) is 58.9 Å². The monoisotopic (exact) mass is 661 g/mol. The number of ether oxygens (including phenoxy) is 1. The third-order valence-electron chi connectivity index (χ3n) is 9.05. The summed E-state index contributed by atoms with van der Waals surface area (Å²) in [6.07, 6.45) is 4.31. The summed E-state index contributed by atoms with van der Waals surface area (Å²) < 4.78 is 36.0. The first-order valence-electron chi connectivity index (χ1n) is 16.3. The first-order valence-corrected chi connectivity index (χ1v) is 17.8. The molecule has 47 heavy (non-hydrogen) atoms. The van der Waals surface area contributed by atoms with Crippen molar-refractivity contribution in [2.45, 2.75) is 97.5 Å². The fourth-order valence-electron chi connectivity index (χ4n) is 6.52. The van der Waals surface area contributed by atoms with Gasteiger partial charge in [0, 0.05) is 23.2 Å². The Hall–Kier alpha value is -3.99. The molecule has 2 N–H and O–H groups in total. The maximum Gasteiger partial charge on any atom is 0.264 e. The molecule has 2 amide bonds. The molecular weight excluding hydrogens is 614 g/mol. The van der Waals surface area contributed by atoms with E-state index in [4.69, 9.17) is 4.74 Å². The van der Waals surface area contributed by atoms with E-state index < -0.39 is 22.0 Å². The summed E-state index contributed by atoms with van der Waals surface area (Å²) in [5.74, 6) is -0.691. The van der Waals surface area contributed by atoms with Crippen molar-refractivity contribution in [3.8, 4) is 17.1 Å². The Labute approximate surface area is 278 Å².